The van der Waals surface area contributed by atoms with Crippen LogP contribution in [0.2, 0.25) is 0 Å². The lowest BCUT2D eigenvalue weighted by atomic mass is 10.1. The van der Waals surface area contributed by atoms with Gasteiger partial charge in [-0.25, -0.2) is 0 Å². The van der Waals surface area contributed by atoms with Gasteiger partial charge in [-0.05, 0) is 12.5 Å². The highest BCUT2D eigenvalue weighted by Crippen LogP contribution is 2.14. The first-order valence-electron chi connectivity index (χ1n) is 6.91. The summed E-state index contributed by atoms with van der Waals surface area (Å²) in [5.74, 6) is -0.374. The number of benzene rings is 2. The number of aromatic amines is 1. The maximum Gasteiger partial charge on any atom is 0.217 e. The zero-order chi connectivity index (χ0) is 15.5. The van der Waals surface area contributed by atoms with Gasteiger partial charge in [0, 0.05) is 11.6 Å². The van der Waals surface area contributed by atoms with E-state index in [2.05, 4.69) is 10.2 Å². The number of aryl methyl sites for hydroxylation is 1. The predicted molar refractivity (Wildman–Crippen MR) is 84.9 cm³/mol. The summed E-state index contributed by atoms with van der Waals surface area (Å²) in [6.07, 6.45) is 0. The van der Waals surface area contributed by atoms with E-state index in [0.717, 1.165) is 11.1 Å². The van der Waals surface area contributed by atoms with Crippen LogP contribution in [-0.2, 0) is 0 Å². The predicted octanol–water partition coefficient (Wildman–Crippen LogP) is 2.98. The second-order valence-corrected chi connectivity index (χ2v) is 5.06. The Hall–Kier alpha value is -3.01. The Labute approximate surface area is 127 Å². The molecule has 0 aliphatic carbocycles. The van der Waals surface area contributed by atoms with E-state index < -0.39 is 0 Å². The van der Waals surface area contributed by atoms with Crippen molar-refractivity contribution in [3.8, 4) is 11.3 Å². The fourth-order valence-corrected chi connectivity index (χ4v) is 2.17. The minimum atomic E-state index is -0.386. The minimum absolute atomic E-state index is 0.0939. The summed E-state index contributed by atoms with van der Waals surface area (Å²) in [7, 11) is 0. The highest BCUT2D eigenvalue weighted by atomic mass is 16.1. The van der Waals surface area contributed by atoms with Crippen LogP contribution in [0.15, 0.2) is 65.5 Å². The zero-order valence-corrected chi connectivity index (χ0v) is 12.0. The molecule has 0 aliphatic rings. The summed E-state index contributed by atoms with van der Waals surface area (Å²) >= 11 is 0. The molecule has 4 nitrogen and oxygen atoms in total. The molecule has 108 valence electrons. The molecule has 0 unspecified atom stereocenters. The van der Waals surface area contributed by atoms with Crippen molar-refractivity contribution in [2.24, 2.45) is 0 Å². The first-order chi connectivity index (χ1) is 10.6. The summed E-state index contributed by atoms with van der Waals surface area (Å²) < 4.78 is 0. The van der Waals surface area contributed by atoms with E-state index in [0.29, 0.717) is 11.3 Å². The number of nitrogens with zero attached hydrogens (tertiary/aromatic N) is 1. The number of aromatic nitrogens is 2. The first kappa shape index (κ1) is 13.9. The lowest BCUT2D eigenvalue weighted by molar-refractivity contribution is 0.103. The maximum absolute atomic E-state index is 12.3. The van der Waals surface area contributed by atoms with Crippen molar-refractivity contribution in [1.29, 1.82) is 0 Å². The summed E-state index contributed by atoms with van der Waals surface area (Å²) in [6.45, 7) is 1.94. The number of H-pyrrole nitrogens is 1. The Morgan fingerprint density at radius 1 is 1.00 bits per heavy atom. The monoisotopic (exact) mass is 290 g/mol. The fourth-order valence-electron chi connectivity index (χ4n) is 2.17. The summed E-state index contributed by atoms with van der Waals surface area (Å²) in [4.78, 5) is 24.5. The van der Waals surface area contributed by atoms with Crippen molar-refractivity contribution in [2.45, 2.75) is 6.92 Å². The maximum atomic E-state index is 12.3. The molecule has 0 atom stereocenters. The standard InChI is InChI=1S/C18H14N2O2/c1-12-7-9-14(10-8-12)18(22)17-16(21)11-15(19-20-17)13-5-3-2-4-6-13/h2-11H,1H3,(H,19,21). The van der Waals surface area contributed by atoms with E-state index in [9.17, 15) is 9.59 Å². The van der Waals surface area contributed by atoms with E-state index >= 15 is 0 Å². The Bertz CT molecular complexity index is 866. The molecule has 1 aromatic heterocycles. The van der Waals surface area contributed by atoms with Crippen molar-refractivity contribution in [3.05, 3.63) is 87.7 Å². The van der Waals surface area contributed by atoms with Gasteiger partial charge in [0.2, 0.25) is 11.2 Å². The third-order valence-corrected chi connectivity index (χ3v) is 3.41. The SMILES string of the molecule is Cc1ccc(C(=O)c2n[nH]c(-c3ccccc3)cc2=O)cc1. The lowest BCUT2D eigenvalue weighted by Crippen LogP contribution is -2.19. The van der Waals surface area contributed by atoms with Gasteiger partial charge >= 0.3 is 0 Å². The first-order valence-corrected chi connectivity index (χ1v) is 6.91. The van der Waals surface area contributed by atoms with Gasteiger partial charge in [0.1, 0.15) is 0 Å². The average molecular weight is 290 g/mol. The second kappa shape index (κ2) is 5.77. The number of hydrogen-bond acceptors (Lipinski definition) is 3. The van der Waals surface area contributed by atoms with E-state index in [4.69, 9.17) is 0 Å². The zero-order valence-electron chi connectivity index (χ0n) is 12.0. The van der Waals surface area contributed by atoms with Crippen molar-refractivity contribution in [3.63, 3.8) is 0 Å². The molecule has 3 rings (SSSR count). The number of rotatable bonds is 3. The van der Waals surface area contributed by atoms with Gasteiger partial charge in [0.15, 0.2) is 5.69 Å². The molecule has 0 saturated carbocycles. The van der Waals surface area contributed by atoms with Gasteiger partial charge in [-0.2, -0.15) is 5.10 Å². The Kier molecular flexibility index (Phi) is 3.66. The van der Waals surface area contributed by atoms with Crippen LogP contribution in [0.4, 0.5) is 0 Å². The number of hydrogen-bond donors (Lipinski definition) is 1. The average Bonchev–Trinajstić information content (AvgIpc) is 2.56. The molecule has 0 radical (unpaired) electrons. The topological polar surface area (TPSA) is 62.8 Å². The Balaban J connectivity index is 1.98. The van der Waals surface area contributed by atoms with Crippen LogP contribution in [-0.4, -0.2) is 16.0 Å². The number of nitrogens with one attached hydrogen (secondary N) is 1. The molecular weight excluding hydrogens is 276 g/mol. The molecule has 0 fully saturated rings. The Morgan fingerprint density at radius 2 is 1.68 bits per heavy atom. The molecule has 2 aromatic carbocycles. The lowest BCUT2D eigenvalue weighted by Gasteiger charge is -2.03. The molecule has 0 bridgehead atoms. The smallest absolute Gasteiger partial charge is 0.217 e. The highest BCUT2D eigenvalue weighted by Gasteiger charge is 2.15. The normalized spacial score (nSPS) is 10.4. The van der Waals surface area contributed by atoms with Crippen molar-refractivity contribution in [2.75, 3.05) is 0 Å². The molecule has 0 saturated heterocycles. The molecule has 1 N–H and O–H groups in total. The number of ketones is 1. The molecule has 4 heteroatoms. The van der Waals surface area contributed by atoms with Gasteiger partial charge in [-0.15, -0.1) is 0 Å². The summed E-state index contributed by atoms with van der Waals surface area (Å²) in [5, 5.41) is 6.75. The van der Waals surface area contributed by atoms with Crippen molar-refractivity contribution in [1.82, 2.24) is 10.2 Å². The third kappa shape index (κ3) is 2.72. The van der Waals surface area contributed by atoms with Gasteiger partial charge < -0.3 is 0 Å². The summed E-state index contributed by atoms with van der Waals surface area (Å²) in [5.41, 5.74) is 2.47. The van der Waals surface area contributed by atoms with E-state index in [1.807, 2.05) is 49.4 Å². The van der Waals surface area contributed by atoms with Crippen LogP contribution in [0.5, 0.6) is 0 Å². The van der Waals surface area contributed by atoms with Crippen LogP contribution in [0, 0.1) is 6.92 Å². The Morgan fingerprint density at radius 3 is 2.32 bits per heavy atom. The van der Waals surface area contributed by atoms with Crippen molar-refractivity contribution >= 4 is 5.78 Å². The minimum Gasteiger partial charge on any atom is -0.287 e. The molecule has 3 aromatic rings. The third-order valence-electron chi connectivity index (χ3n) is 3.41. The van der Waals surface area contributed by atoms with Crippen molar-refractivity contribution < 1.29 is 4.79 Å². The number of carbonyl (C=O) groups excluding carboxylic acids is 1. The van der Waals surface area contributed by atoms with Gasteiger partial charge in [-0.1, -0.05) is 60.2 Å². The molecular formula is C18H14N2O2. The fraction of sp³-hybridized carbons (Fsp3) is 0.0556. The molecule has 22 heavy (non-hydrogen) atoms. The summed E-state index contributed by atoms with van der Waals surface area (Å²) in [6, 6.07) is 17.8. The highest BCUT2D eigenvalue weighted by molar-refractivity contribution is 6.07. The van der Waals surface area contributed by atoms with Crippen LogP contribution < -0.4 is 5.43 Å². The van der Waals surface area contributed by atoms with E-state index in [-0.39, 0.29) is 16.9 Å². The quantitative estimate of drug-likeness (QED) is 0.754. The molecule has 0 spiro atoms. The van der Waals surface area contributed by atoms with Gasteiger partial charge in [0.25, 0.3) is 0 Å². The van der Waals surface area contributed by atoms with Crippen LogP contribution in [0.3, 0.4) is 0 Å². The molecule has 0 aliphatic heterocycles. The van der Waals surface area contributed by atoms with Crippen LogP contribution >= 0.6 is 0 Å². The second-order valence-electron chi connectivity index (χ2n) is 5.06. The van der Waals surface area contributed by atoms with Gasteiger partial charge in [-0.3, -0.25) is 14.7 Å². The molecule has 1 heterocycles. The number of carbonyl (C=O) groups is 1. The van der Waals surface area contributed by atoms with E-state index in [1.54, 1.807) is 12.1 Å². The largest absolute Gasteiger partial charge is 0.287 e. The van der Waals surface area contributed by atoms with E-state index in [1.165, 1.54) is 6.07 Å². The van der Waals surface area contributed by atoms with Crippen LogP contribution in [0.1, 0.15) is 21.6 Å². The molecule has 0 amide bonds. The van der Waals surface area contributed by atoms with Crippen LogP contribution in [0.25, 0.3) is 11.3 Å². The van der Waals surface area contributed by atoms with Gasteiger partial charge in [0.05, 0.1) is 5.69 Å².